The van der Waals surface area contributed by atoms with Gasteiger partial charge in [-0.15, -0.1) is 0 Å². The first-order valence-electron chi connectivity index (χ1n) is 6.15. The molecule has 0 aliphatic carbocycles. The van der Waals surface area contributed by atoms with Crippen LogP contribution in [-0.2, 0) is 6.54 Å². The van der Waals surface area contributed by atoms with Crippen molar-refractivity contribution in [2.24, 2.45) is 0 Å². The predicted molar refractivity (Wildman–Crippen MR) is 82.3 cm³/mol. The molecule has 0 spiro atoms. The van der Waals surface area contributed by atoms with Crippen LogP contribution in [0.3, 0.4) is 0 Å². The number of aliphatic hydroxyl groups is 1. The van der Waals surface area contributed by atoms with Crippen LogP contribution >= 0.6 is 23.2 Å². The average Bonchev–Trinajstić information content (AvgIpc) is 2.80. The molecule has 0 aliphatic rings. The van der Waals surface area contributed by atoms with Crippen molar-refractivity contribution >= 4 is 40.2 Å². The zero-order chi connectivity index (χ0) is 15.0. The number of nitrogens with two attached hydrogens (primary N) is 1. The lowest BCUT2D eigenvalue weighted by Gasteiger charge is -2.09. The van der Waals surface area contributed by atoms with Gasteiger partial charge in [0, 0.05) is 6.54 Å². The van der Waals surface area contributed by atoms with E-state index in [0.29, 0.717) is 39.1 Å². The third kappa shape index (κ3) is 2.31. The lowest BCUT2D eigenvalue weighted by molar-refractivity contribution is 0.278. The fraction of sp³-hybridized carbons (Fsp3) is 0.154. The highest BCUT2D eigenvalue weighted by Gasteiger charge is 2.19. The highest BCUT2D eigenvalue weighted by molar-refractivity contribution is 6.39. The Morgan fingerprint density at radius 2 is 1.90 bits per heavy atom. The zero-order valence-electron chi connectivity index (χ0n) is 10.8. The van der Waals surface area contributed by atoms with E-state index in [1.807, 2.05) is 0 Å². The van der Waals surface area contributed by atoms with Crippen molar-refractivity contribution in [3.05, 3.63) is 34.6 Å². The fourth-order valence-corrected chi connectivity index (χ4v) is 2.73. The zero-order valence-corrected chi connectivity index (χ0v) is 12.3. The van der Waals surface area contributed by atoms with E-state index in [0.717, 1.165) is 0 Å². The number of halogens is 2. The van der Waals surface area contributed by atoms with Gasteiger partial charge in [-0.05, 0) is 12.1 Å². The summed E-state index contributed by atoms with van der Waals surface area (Å²) < 4.78 is 1.72. The number of fused-ring (bicyclic) bond motifs is 1. The van der Waals surface area contributed by atoms with Crippen LogP contribution in [0, 0.1) is 0 Å². The Labute approximate surface area is 130 Å². The summed E-state index contributed by atoms with van der Waals surface area (Å²) in [7, 11) is 0. The van der Waals surface area contributed by atoms with Crippen molar-refractivity contribution < 1.29 is 5.11 Å². The smallest absolute Gasteiger partial charge is 0.165 e. The number of aromatic nitrogens is 4. The number of nitrogen functional groups attached to an aromatic ring is 1. The molecule has 6 nitrogen and oxygen atoms in total. The third-order valence-electron chi connectivity index (χ3n) is 3.07. The Hall–Kier alpha value is -1.89. The van der Waals surface area contributed by atoms with Crippen molar-refractivity contribution in [3.63, 3.8) is 0 Å². The minimum Gasteiger partial charge on any atom is -0.395 e. The van der Waals surface area contributed by atoms with Gasteiger partial charge in [-0.1, -0.05) is 29.3 Å². The number of imidazole rings is 1. The normalized spacial score (nSPS) is 11.2. The van der Waals surface area contributed by atoms with Gasteiger partial charge in [0.1, 0.15) is 12.2 Å². The van der Waals surface area contributed by atoms with E-state index < -0.39 is 0 Å². The molecule has 0 amide bonds. The van der Waals surface area contributed by atoms with Gasteiger partial charge in [-0.2, -0.15) is 0 Å². The first-order valence-corrected chi connectivity index (χ1v) is 6.91. The highest BCUT2D eigenvalue weighted by atomic mass is 35.5. The molecule has 3 N–H and O–H groups in total. The monoisotopic (exact) mass is 323 g/mol. The van der Waals surface area contributed by atoms with E-state index in [2.05, 4.69) is 15.0 Å². The Morgan fingerprint density at radius 3 is 2.57 bits per heavy atom. The van der Waals surface area contributed by atoms with Crippen molar-refractivity contribution in [1.29, 1.82) is 0 Å². The summed E-state index contributed by atoms with van der Waals surface area (Å²) >= 11 is 12.5. The molecule has 21 heavy (non-hydrogen) atoms. The average molecular weight is 324 g/mol. The summed E-state index contributed by atoms with van der Waals surface area (Å²) in [5.41, 5.74) is 7.39. The first-order chi connectivity index (χ1) is 10.1. The second-order valence-corrected chi connectivity index (χ2v) is 5.15. The van der Waals surface area contributed by atoms with E-state index >= 15 is 0 Å². The number of nitrogens with zero attached hydrogens (tertiary/aromatic N) is 4. The van der Waals surface area contributed by atoms with Gasteiger partial charge in [0.15, 0.2) is 17.0 Å². The summed E-state index contributed by atoms with van der Waals surface area (Å²) in [6.07, 6.45) is 1.35. The van der Waals surface area contributed by atoms with Crippen molar-refractivity contribution in [3.8, 4) is 11.4 Å². The molecule has 108 valence electrons. The number of rotatable bonds is 3. The molecule has 0 saturated carbocycles. The van der Waals surface area contributed by atoms with Crippen LogP contribution in [-0.4, -0.2) is 31.2 Å². The predicted octanol–water partition coefficient (Wildman–Crippen LogP) is 2.37. The fourth-order valence-electron chi connectivity index (χ4n) is 2.17. The quantitative estimate of drug-likeness (QED) is 0.772. The highest BCUT2D eigenvalue weighted by Crippen LogP contribution is 2.35. The summed E-state index contributed by atoms with van der Waals surface area (Å²) in [6.45, 7) is 0.217. The van der Waals surface area contributed by atoms with Crippen molar-refractivity contribution in [2.45, 2.75) is 6.54 Å². The van der Waals surface area contributed by atoms with Crippen LogP contribution in [0.25, 0.3) is 22.6 Å². The number of hydrogen-bond donors (Lipinski definition) is 2. The van der Waals surface area contributed by atoms with E-state index in [1.54, 1.807) is 22.8 Å². The molecule has 1 aromatic carbocycles. The minimum absolute atomic E-state index is 0.0789. The van der Waals surface area contributed by atoms with Crippen molar-refractivity contribution in [1.82, 2.24) is 19.5 Å². The summed E-state index contributed by atoms with van der Waals surface area (Å²) in [4.78, 5) is 12.6. The number of anilines is 1. The summed E-state index contributed by atoms with van der Waals surface area (Å²) in [5.74, 6) is 0.767. The van der Waals surface area contributed by atoms with Gasteiger partial charge in [-0.3, -0.25) is 0 Å². The topological polar surface area (TPSA) is 89.9 Å². The van der Waals surface area contributed by atoms with Crippen LogP contribution in [0.5, 0.6) is 0 Å². The van der Waals surface area contributed by atoms with Crippen molar-refractivity contribution in [2.75, 3.05) is 12.3 Å². The Morgan fingerprint density at radius 1 is 1.19 bits per heavy atom. The Kier molecular flexibility index (Phi) is 3.67. The largest absolute Gasteiger partial charge is 0.395 e. The van der Waals surface area contributed by atoms with Crippen LogP contribution in [0.2, 0.25) is 10.0 Å². The van der Waals surface area contributed by atoms with Gasteiger partial charge in [0.25, 0.3) is 0 Å². The van der Waals surface area contributed by atoms with Gasteiger partial charge in [0.2, 0.25) is 0 Å². The molecule has 0 fully saturated rings. The summed E-state index contributed by atoms with van der Waals surface area (Å²) in [5, 5.41) is 10.2. The standard InChI is InChI=1S/C13H11Cl2N5O/c14-7-2-1-3-8(15)9(7)12-19-10-11(16)17-6-18-13(10)20(12)4-5-21/h1-3,6,21H,4-5H2,(H2,16,17,18). The minimum atomic E-state index is -0.0789. The van der Waals surface area contributed by atoms with Crippen LogP contribution in [0.1, 0.15) is 0 Å². The second-order valence-electron chi connectivity index (χ2n) is 4.34. The number of aliphatic hydroxyl groups excluding tert-OH is 1. The van der Waals surface area contributed by atoms with E-state index in [4.69, 9.17) is 28.9 Å². The van der Waals surface area contributed by atoms with Crippen LogP contribution in [0.4, 0.5) is 5.82 Å². The third-order valence-corrected chi connectivity index (χ3v) is 3.70. The Bertz CT molecular complexity index is 797. The molecule has 8 heteroatoms. The van der Waals surface area contributed by atoms with E-state index in [9.17, 15) is 5.11 Å². The lowest BCUT2D eigenvalue weighted by atomic mass is 10.2. The molecule has 0 bridgehead atoms. The molecule has 0 radical (unpaired) electrons. The molecular formula is C13H11Cl2N5O. The van der Waals surface area contributed by atoms with Gasteiger partial charge < -0.3 is 15.4 Å². The van der Waals surface area contributed by atoms with E-state index in [-0.39, 0.29) is 12.4 Å². The number of hydrogen-bond acceptors (Lipinski definition) is 5. The molecule has 2 heterocycles. The molecule has 0 saturated heterocycles. The van der Waals surface area contributed by atoms with Gasteiger partial charge >= 0.3 is 0 Å². The molecule has 2 aromatic heterocycles. The first kappa shape index (κ1) is 14.1. The molecule has 3 aromatic rings. The van der Waals surface area contributed by atoms with Gasteiger partial charge in [-0.25, -0.2) is 15.0 Å². The van der Waals surface area contributed by atoms with Crippen LogP contribution in [0.15, 0.2) is 24.5 Å². The molecule has 0 aliphatic heterocycles. The van der Waals surface area contributed by atoms with Crippen LogP contribution < -0.4 is 5.73 Å². The van der Waals surface area contributed by atoms with E-state index in [1.165, 1.54) is 6.33 Å². The SMILES string of the molecule is Nc1ncnc2c1nc(-c1c(Cl)cccc1Cl)n2CCO. The number of benzene rings is 1. The molecular weight excluding hydrogens is 313 g/mol. The second kappa shape index (κ2) is 5.48. The van der Waals surface area contributed by atoms with Gasteiger partial charge in [0.05, 0.1) is 22.2 Å². The molecule has 0 atom stereocenters. The summed E-state index contributed by atoms with van der Waals surface area (Å²) in [6, 6.07) is 5.20. The molecule has 0 unspecified atom stereocenters. The lowest BCUT2D eigenvalue weighted by Crippen LogP contribution is -2.05. The maximum Gasteiger partial charge on any atom is 0.165 e. The maximum atomic E-state index is 9.29. The molecule has 3 rings (SSSR count). The maximum absolute atomic E-state index is 9.29. The Balaban J connectivity index is 2.37.